The van der Waals surface area contributed by atoms with Gasteiger partial charge in [-0.15, -0.1) is 0 Å². The molecule has 0 heterocycles. The van der Waals surface area contributed by atoms with Crippen LogP contribution in [0.5, 0.6) is 0 Å². The van der Waals surface area contributed by atoms with Crippen molar-refractivity contribution in [2.75, 3.05) is 18.4 Å². The fraction of sp³-hybridized carbons (Fsp3) is 0.467. The number of anilines is 1. The average molecular weight is 274 g/mol. The first kappa shape index (κ1) is 14.4. The highest BCUT2D eigenvalue weighted by molar-refractivity contribution is 5.92. The molecule has 0 aromatic heterocycles. The van der Waals surface area contributed by atoms with Crippen molar-refractivity contribution in [1.82, 2.24) is 5.32 Å². The number of amides is 1. The highest BCUT2D eigenvalue weighted by Gasteiger charge is 2.28. The van der Waals surface area contributed by atoms with E-state index < -0.39 is 0 Å². The van der Waals surface area contributed by atoms with Crippen molar-refractivity contribution in [3.63, 3.8) is 0 Å². The summed E-state index contributed by atoms with van der Waals surface area (Å²) in [6.45, 7) is 3.14. The fourth-order valence-electron chi connectivity index (χ4n) is 1.90. The largest absolute Gasteiger partial charge is 0.370 e. The van der Waals surface area contributed by atoms with Gasteiger partial charge < -0.3 is 16.4 Å². The zero-order chi connectivity index (χ0) is 14.4. The van der Waals surface area contributed by atoms with E-state index >= 15 is 0 Å². The van der Waals surface area contributed by atoms with E-state index in [0.29, 0.717) is 19.0 Å². The van der Waals surface area contributed by atoms with Crippen LogP contribution in [0, 0.1) is 5.92 Å². The fourth-order valence-corrected chi connectivity index (χ4v) is 1.90. The number of carbonyl (C=O) groups is 1. The Labute approximate surface area is 119 Å². The molecule has 2 rings (SSSR count). The van der Waals surface area contributed by atoms with E-state index in [1.54, 1.807) is 0 Å². The molecule has 1 aromatic rings. The minimum Gasteiger partial charge on any atom is -0.370 e. The van der Waals surface area contributed by atoms with Gasteiger partial charge in [-0.05, 0) is 37.0 Å². The third-order valence-electron chi connectivity index (χ3n) is 3.25. The second-order valence-corrected chi connectivity index (χ2v) is 5.01. The van der Waals surface area contributed by atoms with Crippen LogP contribution in [0.3, 0.4) is 0 Å². The summed E-state index contributed by atoms with van der Waals surface area (Å²) in [5.41, 5.74) is 8.00. The topological polar surface area (TPSA) is 79.5 Å². The Morgan fingerprint density at radius 1 is 1.45 bits per heavy atom. The summed E-state index contributed by atoms with van der Waals surface area (Å²) in [6.07, 6.45) is 3.03. The standard InChI is InChI=1S/C15H22N4O/c1-2-11-4-3-5-13(10-11)19-15(16)18-9-8-17-14(20)12-6-7-12/h3-5,10,12H,2,6-9H2,1H3,(H,17,20)(H3,16,18,19). The van der Waals surface area contributed by atoms with E-state index in [2.05, 4.69) is 34.7 Å². The lowest BCUT2D eigenvalue weighted by atomic mass is 10.1. The first-order valence-corrected chi connectivity index (χ1v) is 7.12. The molecule has 0 bridgehead atoms. The summed E-state index contributed by atoms with van der Waals surface area (Å²) in [4.78, 5) is 15.6. The molecule has 20 heavy (non-hydrogen) atoms. The molecule has 1 aromatic carbocycles. The van der Waals surface area contributed by atoms with Crippen LogP contribution in [-0.4, -0.2) is 25.0 Å². The lowest BCUT2D eigenvalue weighted by Gasteiger charge is -2.07. The van der Waals surface area contributed by atoms with Crippen molar-refractivity contribution in [3.8, 4) is 0 Å². The number of rotatable bonds is 6. The Morgan fingerprint density at radius 3 is 2.95 bits per heavy atom. The SMILES string of the molecule is CCc1cccc(NC(N)=NCCNC(=O)C2CC2)c1. The number of guanidine groups is 1. The van der Waals surface area contributed by atoms with Gasteiger partial charge in [-0.25, -0.2) is 0 Å². The van der Waals surface area contributed by atoms with Gasteiger partial charge in [0.1, 0.15) is 0 Å². The molecule has 0 radical (unpaired) electrons. The van der Waals surface area contributed by atoms with E-state index in [-0.39, 0.29) is 11.8 Å². The maximum Gasteiger partial charge on any atom is 0.223 e. The molecule has 108 valence electrons. The molecule has 5 nitrogen and oxygen atoms in total. The van der Waals surface area contributed by atoms with Crippen molar-refractivity contribution in [2.45, 2.75) is 26.2 Å². The van der Waals surface area contributed by atoms with Crippen molar-refractivity contribution in [3.05, 3.63) is 29.8 Å². The van der Waals surface area contributed by atoms with Crippen molar-refractivity contribution >= 4 is 17.6 Å². The molecule has 5 heteroatoms. The van der Waals surface area contributed by atoms with Gasteiger partial charge in [-0.2, -0.15) is 0 Å². The first-order valence-electron chi connectivity index (χ1n) is 7.12. The van der Waals surface area contributed by atoms with Crippen molar-refractivity contribution < 1.29 is 4.79 Å². The monoisotopic (exact) mass is 274 g/mol. The maximum absolute atomic E-state index is 11.4. The van der Waals surface area contributed by atoms with Gasteiger partial charge in [0, 0.05) is 18.2 Å². The molecular weight excluding hydrogens is 252 g/mol. The highest BCUT2D eigenvalue weighted by Crippen LogP contribution is 2.28. The molecular formula is C15H22N4O. The second-order valence-electron chi connectivity index (χ2n) is 5.01. The Balaban J connectivity index is 1.73. The van der Waals surface area contributed by atoms with Gasteiger partial charge in [0.15, 0.2) is 5.96 Å². The van der Waals surface area contributed by atoms with Crippen LogP contribution in [0.25, 0.3) is 0 Å². The number of aliphatic imine (C=N–C) groups is 1. The number of hydrogen-bond acceptors (Lipinski definition) is 2. The molecule has 0 atom stereocenters. The van der Waals surface area contributed by atoms with E-state index in [1.807, 2.05) is 12.1 Å². The second kappa shape index (κ2) is 6.93. The van der Waals surface area contributed by atoms with E-state index in [9.17, 15) is 4.79 Å². The van der Waals surface area contributed by atoms with Crippen LogP contribution in [-0.2, 0) is 11.2 Å². The van der Waals surface area contributed by atoms with Gasteiger partial charge in [-0.3, -0.25) is 9.79 Å². The van der Waals surface area contributed by atoms with Gasteiger partial charge in [0.05, 0.1) is 6.54 Å². The molecule has 0 aliphatic heterocycles. The molecule has 1 fully saturated rings. The Morgan fingerprint density at radius 2 is 2.25 bits per heavy atom. The molecule has 1 saturated carbocycles. The summed E-state index contributed by atoms with van der Waals surface area (Å²) in [5, 5.41) is 5.91. The van der Waals surface area contributed by atoms with Gasteiger partial charge in [0.25, 0.3) is 0 Å². The third-order valence-corrected chi connectivity index (χ3v) is 3.25. The van der Waals surface area contributed by atoms with Crippen molar-refractivity contribution in [2.24, 2.45) is 16.6 Å². The molecule has 1 aliphatic rings. The number of aryl methyl sites for hydroxylation is 1. The van der Waals surface area contributed by atoms with E-state index in [1.165, 1.54) is 5.56 Å². The normalized spacial score (nSPS) is 14.9. The van der Waals surface area contributed by atoms with Crippen molar-refractivity contribution in [1.29, 1.82) is 0 Å². The summed E-state index contributed by atoms with van der Waals surface area (Å²) in [6, 6.07) is 8.07. The predicted octanol–water partition coefficient (Wildman–Crippen LogP) is 1.50. The average Bonchev–Trinajstić information content (AvgIpc) is 3.28. The Hall–Kier alpha value is -2.04. The number of carbonyl (C=O) groups excluding carboxylic acids is 1. The number of nitrogens with one attached hydrogen (secondary N) is 2. The molecule has 0 saturated heterocycles. The van der Waals surface area contributed by atoms with Crippen LogP contribution in [0.4, 0.5) is 5.69 Å². The first-order chi connectivity index (χ1) is 9.69. The maximum atomic E-state index is 11.4. The molecule has 1 amide bonds. The number of nitrogens with zero attached hydrogens (tertiary/aromatic N) is 1. The van der Waals surface area contributed by atoms with Gasteiger partial charge >= 0.3 is 0 Å². The lowest BCUT2D eigenvalue weighted by molar-refractivity contribution is -0.122. The quantitative estimate of drug-likeness (QED) is 0.418. The van der Waals surface area contributed by atoms with E-state index in [4.69, 9.17) is 5.73 Å². The predicted molar refractivity (Wildman–Crippen MR) is 81.7 cm³/mol. The Bertz CT molecular complexity index is 494. The molecule has 0 spiro atoms. The summed E-state index contributed by atoms with van der Waals surface area (Å²) < 4.78 is 0. The van der Waals surface area contributed by atoms with Crippen LogP contribution < -0.4 is 16.4 Å². The zero-order valence-corrected chi connectivity index (χ0v) is 11.9. The smallest absolute Gasteiger partial charge is 0.223 e. The van der Waals surface area contributed by atoms with Gasteiger partial charge in [-0.1, -0.05) is 19.1 Å². The minimum absolute atomic E-state index is 0.141. The third kappa shape index (κ3) is 4.57. The summed E-state index contributed by atoms with van der Waals surface area (Å²) in [7, 11) is 0. The lowest BCUT2D eigenvalue weighted by Crippen LogP contribution is -2.29. The van der Waals surface area contributed by atoms with Crippen LogP contribution >= 0.6 is 0 Å². The van der Waals surface area contributed by atoms with Crippen LogP contribution in [0.15, 0.2) is 29.3 Å². The highest BCUT2D eigenvalue weighted by atomic mass is 16.2. The molecule has 1 aliphatic carbocycles. The summed E-state index contributed by atoms with van der Waals surface area (Å²) >= 11 is 0. The zero-order valence-electron chi connectivity index (χ0n) is 11.9. The van der Waals surface area contributed by atoms with Crippen LogP contribution in [0.2, 0.25) is 0 Å². The minimum atomic E-state index is 0.141. The number of nitrogens with two attached hydrogens (primary N) is 1. The molecule has 4 N–H and O–H groups in total. The number of benzene rings is 1. The van der Waals surface area contributed by atoms with Crippen LogP contribution in [0.1, 0.15) is 25.3 Å². The number of hydrogen-bond donors (Lipinski definition) is 3. The summed E-state index contributed by atoms with van der Waals surface area (Å²) in [5.74, 6) is 0.757. The Kier molecular flexibility index (Phi) is 4.98. The van der Waals surface area contributed by atoms with Gasteiger partial charge in [0.2, 0.25) is 5.91 Å². The molecule has 0 unspecified atom stereocenters. The van der Waals surface area contributed by atoms with E-state index in [0.717, 1.165) is 24.9 Å².